The van der Waals surface area contributed by atoms with E-state index in [1.807, 2.05) is 42.5 Å². The number of hydrogen-bond donors (Lipinski definition) is 0. The summed E-state index contributed by atoms with van der Waals surface area (Å²) in [6.45, 7) is 0. The Hall–Kier alpha value is -3.11. The van der Waals surface area contributed by atoms with E-state index in [1.54, 1.807) is 35.8 Å². The van der Waals surface area contributed by atoms with Crippen LogP contribution in [0.5, 0.6) is 0 Å². The van der Waals surface area contributed by atoms with E-state index in [1.165, 1.54) is 0 Å². The molecule has 5 rings (SSSR count). The van der Waals surface area contributed by atoms with Crippen LogP contribution in [-0.4, -0.2) is 0 Å². The number of rotatable bonds is 2. The van der Waals surface area contributed by atoms with Gasteiger partial charge in [0, 0.05) is 9.58 Å². The number of para-hydroxylation sites is 1. The summed E-state index contributed by atoms with van der Waals surface area (Å²) in [5, 5.41) is 1.69. The van der Waals surface area contributed by atoms with E-state index in [0.29, 0.717) is 28.1 Å². The van der Waals surface area contributed by atoms with Crippen LogP contribution in [0.25, 0.3) is 43.0 Å². The molecule has 0 atom stereocenters. The molecule has 0 spiro atoms. The van der Waals surface area contributed by atoms with Gasteiger partial charge in [-0.1, -0.05) is 30.3 Å². The topological polar surface area (TPSA) is 43.4 Å². The second-order valence-electron chi connectivity index (χ2n) is 5.76. The Morgan fingerprint density at radius 2 is 1.72 bits per heavy atom. The third kappa shape index (κ3) is 2.22. The summed E-state index contributed by atoms with van der Waals surface area (Å²) in [4.78, 5) is 14.1. The van der Waals surface area contributed by atoms with Crippen molar-refractivity contribution < 1.29 is 8.83 Å². The van der Waals surface area contributed by atoms with Gasteiger partial charge in [-0.2, -0.15) is 0 Å². The maximum absolute atomic E-state index is 13.2. The molecule has 0 fully saturated rings. The molecule has 0 saturated heterocycles. The Kier molecular flexibility index (Phi) is 3.11. The van der Waals surface area contributed by atoms with Crippen molar-refractivity contribution in [1.82, 2.24) is 0 Å². The zero-order valence-electron chi connectivity index (χ0n) is 13.1. The summed E-state index contributed by atoms with van der Waals surface area (Å²) in [7, 11) is 0. The highest BCUT2D eigenvalue weighted by molar-refractivity contribution is 7.22. The fourth-order valence-corrected chi connectivity index (χ4v) is 4.15. The number of thiophene rings is 1. The average Bonchev–Trinajstić information content (AvgIpc) is 3.31. The van der Waals surface area contributed by atoms with Gasteiger partial charge in [0.25, 0.3) is 0 Å². The Morgan fingerprint density at radius 1 is 0.880 bits per heavy atom. The lowest BCUT2D eigenvalue weighted by atomic mass is 10.1. The van der Waals surface area contributed by atoms with Crippen molar-refractivity contribution >= 4 is 32.4 Å². The molecule has 0 unspecified atom stereocenters. The first-order chi connectivity index (χ1) is 12.3. The number of hydrogen-bond acceptors (Lipinski definition) is 4. The minimum Gasteiger partial charge on any atom is -0.461 e. The van der Waals surface area contributed by atoms with Gasteiger partial charge in [-0.25, -0.2) is 0 Å². The lowest BCUT2D eigenvalue weighted by Gasteiger charge is -2.06. The van der Waals surface area contributed by atoms with Crippen LogP contribution in [0, 0.1) is 0 Å². The van der Waals surface area contributed by atoms with Crippen LogP contribution >= 0.6 is 11.3 Å². The second kappa shape index (κ2) is 5.46. The summed E-state index contributed by atoms with van der Waals surface area (Å²) in [6.07, 6.45) is 1.58. The molecule has 5 aromatic rings. The number of benzene rings is 2. The molecular formula is C21H12O3S. The molecule has 120 valence electrons. The smallest absolute Gasteiger partial charge is 0.202 e. The van der Waals surface area contributed by atoms with Gasteiger partial charge in [0.15, 0.2) is 11.5 Å². The lowest BCUT2D eigenvalue weighted by Crippen LogP contribution is -2.06. The molecule has 0 saturated carbocycles. The first kappa shape index (κ1) is 14.3. The van der Waals surface area contributed by atoms with Crippen molar-refractivity contribution in [2.24, 2.45) is 0 Å². The van der Waals surface area contributed by atoms with Gasteiger partial charge >= 0.3 is 0 Å². The summed E-state index contributed by atoms with van der Waals surface area (Å²) >= 11 is 1.58. The first-order valence-electron chi connectivity index (χ1n) is 7.90. The SMILES string of the molecule is O=c1c(-c2cc3ccccc3s2)c(-c2ccco2)oc2ccccc12. The van der Waals surface area contributed by atoms with Gasteiger partial charge < -0.3 is 8.83 Å². The van der Waals surface area contributed by atoms with E-state index in [0.717, 1.165) is 15.0 Å². The molecule has 0 N–H and O–H groups in total. The minimum atomic E-state index is -0.0418. The molecule has 2 aromatic carbocycles. The quantitative estimate of drug-likeness (QED) is 0.398. The highest BCUT2D eigenvalue weighted by atomic mass is 32.1. The van der Waals surface area contributed by atoms with Gasteiger partial charge in [0.05, 0.1) is 17.2 Å². The van der Waals surface area contributed by atoms with E-state index in [-0.39, 0.29) is 5.43 Å². The van der Waals surface area contributed by atoms with E-state index >= 15 is 0 Å². The number of furan rings is 1. The third-order valence-corrected chi connectivity index (χ3v) is 5.35. The van der Waals surface area contributed by atoms with Crippen molar-refractivity contribution in [3.63, 3.8) is 0 Å². The molecule has 25 heavy (non-hydrogen) atoms. The molecule has 0 amide bonds. The van der Waals surface area contributed by atoms with E-state index in [9.17, 15) is 4.79 Å². The van der Waals surface area contributed by atoms with Crippen molar-refractivity contribution in [3.8, 4) is 22.0 Å². The highest BCUT2D eigenvalue weighted by Gasteiger charge is 2.21. The molecular weight excluding hydrogens is 332 g/mol. The van der Waals surface area contributed by atoms with Crippen LogP contribution in [0.3, 0.4) is 0 Å². The highest BCUT2D eigenvalue weighted by Crippen LogP contribution is 2.38. The minimum absolute atomic E-state index is 0.0418. The van der Waals surface area contributed by atoms with E-state index < -0.39 is 0 Å². The summed E-state index contributed by atoms with van der Waals surface area (Å²) in [5.74, 6) is 1.02. The fraction of sp³-hybridized carbons (Fsp3) is 0. The fourth-order valence-electron chi connectivity index (χ4n) is 3.05. The maximum atomic E-state index is 13.2. The van der Waals surface area contributed by atoms with Gasteiger partial charge in [0.1, 0.15) is 5.58 Å². The van der Waals surface area contributed by atoms with Crippen LogP contribution in [0.15, 0.2) is 86.6 Å². The van der Waals surface area contributed by atoms with E-state index in [2.05, 4.69) is 6.07 Å². The van der Waals surface area contributed by atoms with Gasteiger partial charge in [-0.3, -0.25) is 4.79 Å². The van der Waals surface area contributed by atoms with Crippen LogP contribution < -0.4 is 5.43 Å². The average molecular weight is 344 g/mol. The van der Waals surface area contributed by atoms with Crippen molar-refractivity contribution in [3.05, 3.63) is 83.2 Å². The molecule has 0 aliphatic heterocycles. The van der Waals surface area contributed by atoms with Crippen molar-refractivity contribution in [2.75, 3.05) is 0 Å². The zero-order valence-corrected chi connectivity index (χ0v) is 13.9. The summed E-state index contributed by atoms with van der Waals surface area (Å²) in [5.41, 5.74) is 1.07. The van der Waals surface area contributed by atoms with Crippen molar-refractivity contribution in [2.45, 2.75) is 0 Å². The van der Waals surface area contributed by atoms with Crippen LogP contribution in [0.4, 0.5) is 0 Å². The summed E-state index contributed by atoms with van der Waals surface area (Å²) < 4.78 is 12.7. The van der Waals surface area contributed by atoms with Gasteiger partial charge in [-0.15, -0.1) is 11.3 Å². The first-order valence-corrected chi connectivity index (χ1v) is 8.71. The normalized spacial score (nSPS) is 11.4. The molecule has 4 heteroatoms. The second-order valence-corrected chi connectivity index (χ2v) is 6.84. The van der Waals surface area contributed by atoms with Crippen LogP contribution in [0.1, 0.15) is 0 Å². The molecule has 3 nitrogen and oxygen atoms in total. The monoisotopic (exact) mass is 344 g/mol. The van der Waals surface area contributed by atoms with Crippen LogP contribution in [-0.2, 0) is 0 Å². The van der Waals surface area contributed by atoms with Gasteiger partial charge in [0.2, 0.25) is 5.43 Å². The zero-order chi connectivity index (χ0) is 16.8. The molecule has 3 heterocycles. The predicted molar refractivity (Wildman–Crippen MR) is 101 cm³/mol. The van der Waals surface area contributed by atoms with Gasteiger partial charge in [-0.05, 0) is 41.8 Å². The predicted octanol–water partition coefficient (Wildman–Crippen LogP) is 5.93. The van der Waals surface area contributed by atoms with Crippen molar-refractivity contribution in [1.29, 1.82) is 0 Å². The molecule has 0 aliphatic rings. The molecule has 0 bridgehead atoms. The Morgan fingerprint density at radius 3 is 2.56 bits per heavy atom. The largest absolute Gasteiger partial charge is 0.461 e. The Bertz CT molecular complexity index is 1230. The third-order valence-electron chi connectivity index (χ3n) is 4.21. The lowest BCUT2D eigenvalue weighted by molar-refractivity contribution is 0.538. The van der Waals surface area contributed by atoms with Crippen LogP contribution in [0.2, 0.25) is 0 Å². The molecule has 0 aliphatic carbocycles. The van der Waals surface area contributed by atoms with E-state index in [4.69, 9.17) is 8.83 Å². The molecule has 3 aromatic heterocycles. The molecule has 0 radical (unpaired) electrons. The number of fused-ring (bicyclic) bond motifs is 2. The Labute approximate surface area is 146 Å². The Balaban J connectivity index is 1.91. The maximum Gasteiger partial charge on any atom is 0.202 e. The summed E-state index contributed by atoms with van der Waals surface area (Å²) in [6, 6.07) is 21.0. The standard InChI is InChI=1S/C21H12O3S/c22-20-14-7-2-3-8-15(14)24-21(16-9-5-11-23-16)19(20)18-12-13-6-1-4-10-17(13)25-18/h1-12H.